The average molecular weight is 381 g/mol. The van der Waals surface area contributed by atoms with E-state index in [0.29, 0.717) is 13.1 Å². The van der Waals surface area contributed by atoms with Crippen molar-refractivity contribution in [2.24, 2.45) is 5.41 Å². The van der Waals surface area contributed by atoms with Gasteiger partial charge in [0.05, 0.1) is 25.9 Å². The van der Waals surface area contributed by atoms with Crippen LogP contribution >= 0.6 is 0 Å². The van der Waals surface area contributed by atoms with Gasteiger partial charge in [-0.3, -0.25) is 4.90 Å². The van der Waals surface area contributed by atoms with Crippen LogP contribution in [0.25, 0.3) is 0 Å². The minimum absolute atomic E-state index is 0.132. The molecule has 144 valence electrons. The monoisotopic (exact) mass is 381 g/mol. The summed E-state index contributed by atoms with van der Waals surface area (Å²) in [6.07, 6.45) is 4.53. The van der Waals surface area contributed by atoms with Crippen LogP contribution in [0.2, 0.25) is 0 Å². The molecule has 3 fully saturated rings. The van der Waals surface area contributed by atoms with Gasteiger partial charge in [-0.2, -0.15) is 4.31 Å². The van der Waals surface area contributed by atoms with Crippen LogP contribution < -0.4 is 0 Å². The maximum absolute atomic E-state index is 12.7. The first-order chi connectivity index (χ1) is 12.6. The van der Waals surface area contributed by atoms with Gasteiger partial charge in [0, 0.05) is 38.9 Å². The zero-order valence-corrected chi connectivity index (χ0v) is 15.9. The first-order valence-corrected chi connectivity index (χ1v) is 10.8. The molecule has 1 atom stereocenters. The molecule has 8 heteroatoms. The Hall–Kier alpha value is -1.06. The third-order valence-corrected chi connectivity index (χ3v) is 7.69. The van der Waals surface area contributed by atoms with E-state index in [1.807, 2.05) is 0 Å². The molecule has 0 N–H and O–H groups in total. The standard InChI is InChI=1S/C18H27N3O4S/c22-26(23,17-3-1-2-6-19-17)21-7-4-18(5-8-21)13-16(25-15-18)14-20-9-11-24-12-10-20/h1-3,6,16H,4-5,7-15H2. The quantitative estimate of drug-likeness (QED) is 0.774. The second-order valence-electron chi connectivity index (χ2n) is 7.62. The van der Waals surface area contributed by atoms with Crippen molar-refractivity contribution in [3.05, 3.63) is 24.4 Å². The zero-order chi connectivity index (χ0) is 18.0. The van der Waals surface area contributed by atoms with E-state index < -0.39 is 10.0 Å². The number of aromatic nitrogens is 1. The summed E-state index contributed by atoms with van der Waals surface area (Å²) in [6.45, 7) is 6.36. The Morgan fingerprint density at radius 2 is 1.92 bits per heavy atom. The molecule has 0 aliphatic carbocycles. The number of nitrogens with zero attached hydrogens (tertiary/aromatic N) is 3. The van der Waals surface area contributed by atoms with Gasteiger partial charge in [-0.05, 0) is 36.8 Å². The maximum Gasteiger partial charge on any atom is 0.260 e. The Labute approximate surface area is 155 Å². The predicted octanol–water partition coefficient (Wildman–Crippen LogP) is 0.974. The van der Waals surface area contributed by atoms with Crippen LogP contribution in [0.5, 0.6) is 0 Å². The summed E-state index contributed by atoms with van der Waals surface area (Å²) in [5.74, 6) is 0. The first-order valence-electron chi connectivity index (χ1n) is 9.40. The summed E-state index contributed by atoms with van der Waals surface area (Å²) in [6, 6.07) is 5.01. The summed E-state index contributed by atoms with van der Waals surface area (Å²) in [4.78, 5) is 6.43. The summed E-state index contributed by atoms with van der Waals surface area (Å²) in [7, 11) is -3.49. The Morgan fingerprint density at radius 3 is 2.62 bits per heavy atom. The second kappa shape index (κ2) is 7.52. The summed E-state index contributed by atoms with van der Waals surface area (Å²) in [5, 5.41) is 0.142. The average Bonchev–Trinajstić information content (AvgIpc) is 3.05. The topological polar surface area (TPSA) is 72.0 Å². The number of hydrogen-bond acceptors (Lipinski definition) is 6. The smallest absolute Gasteiger partial charge is 0.260 e. The van der Waals surface area contributed by atoms with Crippen molar-refractivity contribution >= 4 is 10.0 Å². The summed E-state index contributed by atoms with van der Waals surface area (Å²) in [5.41, 5.74) is 0.132. The van der Waals surface area contributed by atoms with Gasteiger partial charge in [-0.1, -0.05) is 6.07 Å². The third kappa shape index (κ3) is 3.80. The normalized spacial score (nSPS) is 27.8. The van der Waals surface area contributed by atoms with Crippen molar-refractivity contribution in [1.82, 2.24) is 14.2 Å². The van der Waals surface area contributed by atoms with Gasteiger partial charge >= 0.3 is 0 Å². The molecule has 0 saturated carbocycles. The molecule has 4 rings (SSSR count). The van der Waals surface area contributed by atoms with Crippen LogP contribution in [0.4, 0.5) is 0 Å². The number of piperidine rings is 1. The molecule has 3 saturated heterocycles. The highest BCUT2D eigenvalue weighted by atomic mass is 32.2. The minimum atomic E-state index is -3.49. The van der Waals surface area contributed by atoms with Crippen molar-refractivity contribution in [2.45, 2.75) is 30.4 Å². The summed E-state index contributed by atoms with van der Waals surface area (Å²) < 4.78 is 38.5. The molecule has 0 aromatic carbocycles. The molecule has 4 heterocycles. The molecule has 0 radical (unpaired) electrons. The van der Waals surface area contributed by atoms with E-state index in [0.717, 1.165) is 58.7 Å². The Balaban J connectivity index is 1.33. The van der Waals surface area contributed by atoms with Crippen molar-refractivity contribution in [3.63, 3.8) is 0 Å². The second-order valence-corrected chi connectivity index (χ2v) is 9.51. The molecule has 3 aliphatic heterocycles. The van der Waals surface area contributed by atoms with Gasteiger partial charge in [0.1, 0.15) is 0 Å². The van der Waals surface area contributed by atoms with Gasteiger partial charge in [-0.25, -0.2) is 13.4 Å². The molecular formula is C18H27N3O4S. The van der Waals surface area contributed by atoms with E-state index in [2.05, 4.69) is 9.88 Å². The lowest BCUT2D eigenvalue weighted by molar-refractivity contribution is 0.00567. The number of ether oxygens (including phenoxy) is 2. The zero-order valence-electron chi connectivity index (χ0n) is 15.0. The molecule has 1 aromatic heterocycles. The van der Waals surface area contributed by atoms with Crippen molar-refractivity contribution in [3.8, 4) is 0 Å². The van der Waals surface area contributed by atoms with Crippen LogP contribution in [-0.4, -0.2) is 81.3 Å². The van der Waals surface area contributed by atoms with Gasteiger partial charge in [0.15, 0.2) is 5.03 Å². The van der Waals surface area contributed by atoms with Crippen LogP contribution in [0, 0.1) is 5.41 Å². The molecular weight excluding hydrogens is 354 g/mol. The van der Waals surface area contributed by atoms with Crippen molar-refractivity contribution in [2.75, 3.05) is 52.5 Å². The van der Waals surface area contributed by atoms with E-state index in [9.17, 15) is 8.42 Å². The lowest BCUT2D eigenvalue weighted by Crippen LogP contribution is -2.44. The molecule has 1 spiro atoms. The molecule has 26 heavy (non-hydrogen) atoms. The highest BCUT2D eigenvalue weighted by molar-refractivity contribution is 7.89. The molecule has 7 nitrogen and oxygen atoms in total. The van der Waals surface area contributed by atoms with E-state index in [1.54, 1.807) is 22.5 Å². The van der Waals surface area contributed by atoms with Crippen molar-refractivity contribution < 1.29 is 17.9 Å². The van der Waals surface area contributed by atoms with Gasteiger partial charge < -0.3 is 9.47 Å². The SMILES string of the molecule is O=S(=O)(c1ccccn1)N1CCC2(CC1)COC(CN1CCOCC1)C2. The lowest BCUT2D eigenvalue weighted by atomic mass is 9.77. The van der Waals surface area contributed by atoms with Crippen LogP contribution in [0.1, 0.15) is 19.3 Å². The molecule has 0 bridgehead atoms. The lowest BCUT2D eigenvalue weighted by Gasteiger charge is -2.37. The van der Waals surface area contributed by atoms with Crippen LogP contribution in [-0.2, 0) is 19.5 Å². The molecule has 3 aliphatic rings. The fourth-order valence-electron chi connectivity index (χ4n) is 4.27. The van der Waals surface area contributed by atoms with E-state index in [4.69, 9.17) is 9.47 Å². The van der Waals surface area contributed by atoms with Crippen LogP contribution in [0.15, 0.2) is 29.4 Å². The molecule has 1 aromatic rings. The maximum atomic E-state index is 12.7. The van der Waals surface area contributed by atoms with E-state index in [1.165, 1.54) is 6.20 Å². The fraction of sp³-hybridized carbons (Fsp3) is 0.722. The molecule has 1 unspecified atom stereocenters. The highest BCUT2D eigenvalue weighted by Crippen LogP contribution is 2.43. The minimum Gasteiger partial charge on any atom is -0.379 e. The Bertz CT molecular complexity index is 698. The van der Waals surface area contributed by atoms with Gasteiger partial charge in [0.25, 0.3) is 10.0 Å². The Kier molecular flexibility index (Phi) is 5.29. The number of sulfonamides is 1. The highest BCUT2D eigenvalue weighted by Gasteiger charge is 2.44. The summed E-state index contributed by atoms with van der Waals surface area (Å²) >= 11 is 0. The fourth-order valence-corrected chi connectivity index (χ4v) is 5.64. The number of morpholine rings is 1. The van der Waals surface area contributed by atoms with E-state index in [-0.39, 0.29) is 16.5 Å². The first kappa shape index (κ1) is 18.3. The number of hydrogen-bond donors (Lipinski definition) is 0. The Morgan fingerprint density at radius 1 is 1.15 bits per heavy atom. The van der Waals surface area contributed by atoms with Gasteiger partial charge in [0.2, 0.25) is 0 Å². The largest absolute Gasteiger partial charge is 0.379 e. The van der Waals surface area contributed by atoms with Gasteiger partial charge in [-0.15, -0.1) is 0 Å². The number of rotatable bonds is 4. The van der Waals surface area contributed by atoms with Crippen molar-refractivity contribution in [1.29, 1.82) is 0 Å². The molecule has 0 amide bonds. The van der Waals surface area contributed by atoms with Crippen LogP contribution in [0.3, 0.4) is 0 Å². The number of pyridine rings is 1. The third-order valence-electron chi connectivity index (χ3n) is 5.88. The predicted molar refractivity (Wildman–Crippen MR) is 96.3 cm³/mol. The van der Waals surface area contributed by atoms with E-state index >= 15 is 0 Å².